The van der Waals surface area contributed by atoms with Crippen molar-refractivity contribution in [2.45, 2.75) is 5.16 Å². The number of H-pyrrole nitrogens is 1. The maximum Gasteiger partial charge on any atom is 0.250 e. The Kier molecular flexibility index (Phi) is 4.90. The van der Waals surface area contributed by atoms with E-state index in [9.17, 15) is 9.59 Å². The number of thioether (sulfide) groups is 1. The molecule has 3 aromatic rings. The second kappa shape index (κ2) is 7.27. The minimum atomic E-state index is -0.588. The van der Waals surface area contributed by atoms with E-state index in [0.29, 0.717) is 10.8 Å². The first-order valence-corrected chi connectivity index (χ1v) is 8.40. The summed E-state index contributed by atoms with van der Waals surface area (Å²) in [6.07, 6.45) is 0. The number of fused-ring (bicyclic) bond motifs is 1. The Morgan fingerprint density at radius 2 is 2.08 bits per heavy atom. The van der Waals surface area contributed by atoms with Crippen LogP contribution < -0.4 is 15.8 Å². The minimum absolute atomic E-state index is 0.143. The predicted octanol–water partition coefficient (Wildman–Crippen LogP) is 2.40. The molecule has 7 nitrogen and oxygen atoms in total. The summed E-state index contributed by atoms with van der Waals surface area (Å²) in [6.45, 7) is 0. The average Bonchev–Trinajstić information content (AvgIpc) is 3.02. The number of imidazole rings is 1. The number of benzene rings is 2. The van der Waals surface area contributed by atoms with Crippen molar-refractivity contribution in [2.75, 3.05) is 18.2 Å². The fraction of sp³-hybridized carbons (Fsp3) is 0.118. The molecule has 0 bridgehead atoms. The summed E-state index contributed by atoms with van der Waals surface area (Å²) in [7, 11) is 1.60. The number of primary amides is 1. The topological polar surface area (TPSA) is 110 Å². The predicted molar refractivity (Wildman–Crippen MR) is 97.0 cm³/mol. The monoisotopic (exact) mass is 356 g/mol. The third-order valence-electron chi connectivity index (χ3n) is 3.47. The first-order valence-electron chi connectivity index (χ1n) is 7.42. The number of aromatic nitrogens is 2. The Morgan fingerprint density at radius 3 is 2.84 bits per heavy atom. The molecule has 4 N–H and O–H groups in total. The van der Waals surface area contributed by atoms with Crippen LogP contribution >= 0.6 is 11.8 Å². The molecule has 2 aromatic carbocycles. The van der Waals surface area contributed by atoms with Crippen molar-refractivity contribution in [3.63, 3.8) is 0 Å². The van der Waals surface area contributed by atoms with Crippen molar-refractivity contribution in [3.8, 4) is 5.75 Å². The summed E-state index contributed by atoms with van der Waals surface area (Å²) in [4.78, 5) is 31.1. The van der Waals surface area contributed by atoms with Gasteiger partial charge < -0.3 is 20.8 Å². The van der Waals surface area contributed by atoms with Crippen molar-refractivity contribution in [1.82, 2.24) is 9.97 Å². The molecule has 0 aliphatic heterocycles. The number of nitrogens with two attached hydrogens (primary N) is 1. The van der Waals surface area contributed by atoms with Gasteiger partial charge in [-0.1, -0.05) is 23.9 Å². The van der Waals surface area contributed by atoms with Crippen LogP contribution in [0.1, 0.15) is 10.4 Å². The SMILES string of the molecule is COc1ccc2nc(SCC(=O)Nc3ccccc3C(N)=O)[nH]c2c1. The standard InChI is InChI=1S/C17H16N4O3S/c1-24-10-6-7-13-14(8-10)21-17(20-13)25-9-15(22)19-12-5-3-2-4-11(12)16(18)23/h2-8H,9H2,1H3,(H2,18,23)(H,19,22)(H,20,21). The molecule has 25 heavy (non-hydrogen) atoms. The number of aromatic amines is 1. The Balaban J connectivity index is 1.65. The van der Waals surface area contributed by atoms with Gasteiger partial charge in [0.15, 0.2) is 5.16 Å². The lowest BCUT2D eigenvalue weighted by molar-refractivity contribution is -0.113. The van der Waals surface area contributed by atoms with E-state index < -0.39 is 5.91 Å². The summed E-state index contributed by atoms with van der Waals surface area (Å²) in [5.74, 6) is 0.0318. The van der Waals surface area contributed by atoms with Crippen LogP contribution in [0.15, 0.2) is 47.6 Å². The third-order valence-corrected chi connectivity index (χ3v) is 4.35. The first kappa shape index (κ1) is 16.8. The fourth-order valence-corrected chi connectivity index (χ4v) is 2.97. The van der Waals surface area contributed by atoms with Crippen LogP contribution in [0.5, 0.6) is 5.75 Å². The number of nitrogens with one attached hydrogen (secondary N) is 2. The van der Waals surface area contributed by atoms with Crippen LogP contribution in [0.4, 0.5) is 5.69 Å². The Bertz CT molecular complexity index is 939. The van der Waals surface area contributed by atoms with Crippen LogP contribution in [-0.4, -0.2) is 34.6 Å². The molecular formula is C17H16N4O3S. The molecule has 0 unspecified atom stereocenters. The van der Waals surface area contributed by atoms with Crippen molar-refractivity contribution < 1.29 is 14.3 Å². The van der Waals surface area contributed by atoms with E-state index in [1.807, 2.05) is 18.2 Å². The molecule has 0 saturated carbocycles. The van der Waals surface area contributed by atoms with Gasteiger partial charge in [0.1, 0.15) is 5.75 Å². The Labute approximate surface area is 148 Å². The molecule has 0 fully saturated rings. The quantitative estimate of drug-likeness (QED) is 0.588. The van der Waals surface area contributed by atoms with Gasteiger partial charge in [0.2, 0.25) is 5.91 Å². The second-order valence-corrected chi connectivity index (χ2v) is 6.14. The number of nitrogens with zero attached hydrogens (tertiary/aromatic N) is 1. The molecule has 0 aliphatic rings. The van der Waals surface area contributed by atoms with Gasteiger partial charge in [0.05, 0.1) is 35.1 Å². The van der Waals surface area contributed by atoms with Gasteiger partial charge in [0.25, 0.3) is 5.91 Å². The molecule has 0 atom stereocenters. The summed E-state index contributed by atoms with van der Waals surface area (Å²) >= 11 is 1.27. The molecule has 0 spiro atoms. The lowest BCUT2D eigenvalue weighted by atomic mass is 10.1. The fourth-order valence-electron chi connectivity index (χ4n) is 2.29. The van der Waals surface area contributed by atoms with Crippen molar-refractivity contribution in [1.29, 1.82) is 0 Å². The van der Waals surface area contributed by atoms with E-state index in [1.165, 1.54) is 11.8 Å². The van der Waals surface area contributed by atoms with E-state index in [2.05, 4.69) is 15.3 Å². The number of carbonyl (C=O) groups excluding carboxylic acids is 2. The molecular weight excluding hydrogens is 340 g/mol. The lowest BCUT2D eigenvalue weighted by Crippen LogP contribution is -2.19. The van der Waals surface area contributed by atoms with Gasteiger partial charge in [-0.2, -0.15) is 0 Å². The average molecular weight is 356 g/mol. The van der Waals surface area contributed by atoms with Crippen molar-refractivity contribution in [2.24, 2.45) is 5.73 Å². The molecule has 0 saturated heterocycles. The number of anilines is 1. The Morgan fingerprint density at radius 1 is 1.28 bits per heavy atom. The van der Waals surface area contributed by atoms with E-state index >= 15 is 0 Å². The number of amides is 2. The molecule has 1 heterocycles. The summed E-state index contributed by atoms with van der Waals surface area (Å²) in [5.41, 5.74) is 7.60. The van der Waals surface area contributed by atoms with Crippen LogP contribution in [0.2, 0.25) is 0 Å². The van der Waals surface area contributed by atoms with E-state index in [1.54, 1.807) is 31.4 Å². The summed E-state index contributed by atoms with van der Waals surface area (Å²) < 4.78 is 5.17. The third kappa shape index (κ3) is 3.92. The number of para-hydroxylation sites is 1. The van der Waals surface area contributed by atoms with Gasteiger partial charge >= 0.3 is 0 Å². The highest BCUT2D eigenvalue weighted by molar-refractivity contribution is 7.99. The van der Waals surface area contributed by atoms with Crippen molar-refractivity contribution >= 4 is 40.3 Å². The largest absolute Gasteiger partial charge is 0.497 e. The van der Waals surface area contributed by atoms with E-state index in [0.717, 1.165) is 16.8 Å². The minimum Gasteiger partial charge on any atom is -0.497 e. The van der Waals surface area contributed by atoms with E-state index in [-0.39, 0.29) is 17.2 Å². The maximum atomic E-state index is 12.1. The van der Waals surface area contributed by atoms with E-state index in [4.69, 9.17) is 10.5 Å². The molecule has 0 aliphatic carbocycles. The number of hydrogen-bond acceptors (Lipinski definition) is 5. The smallest absolute Gasteiger partial charge is 0.250 e. The highest BCUT2D eigenvalue weighted by atomic mass is 32.2. The number of rotatable bonds is 6. The highest BCUT2D eigenvalue weighted by Crippen LogP contribution is 2.23. The molecule has 2 amide bonds. The summed E-state index contributed by atoms with van der Waals surface area (Å²) in [6, 6.07) is 12.1. The van der Waals surface area contributed by atoms with Gasteiger partial charge in [-0.25, -0.2) is 4.98 Å². The van der Waals surface area contributed by atoms with Gasteiger partial charge in [-0.05, 0) is 24.3 Å². The maximum absolute atomic E-state index is 12.1. The van der Waals surface area contributed by atoms with Crippen LogP contribution in [0.25, 0.3) is 11.0 Å². The Hall–Kier alpha value is -3.00. The number of ether oxygens (including phenoxy) is 1. The number of methoxy groups -OCH3 is 1. The van der Waals surface area contributed by atoms with Gasteiger partial charge in [-0.15, -0.1) is 0 Å². The van der Waals surface area contributed by atoms with Gasteiger partial charge in [-0.3, -0.25) is 9.59 Å². The normalized spacial score (nSPS) is 10.6. The molecule has 3 rings (SSSR count). The molecule has 0 radical (unpaired) electrons. The molecule has 8 heteroatoms. The zero-order valence-electron chi connectivity index (χ0n) is 13.4. The van der Waals surface area contributed by atoms with Gasteiger partial charge in [0, 0.05) is 6.07 Å². The second-order valence-electron chi connectivity index (χ2n) is 5.17. The highest BCUT2D eigenvalue weighted by Gasteiger charge is 2.12. The lowest BCUT2D eigenvalue weighted by Gasteiger charge is -2.07. The van der Waals surface area contributed by atoms with Crippen LogP contribution in [0, 0.1) is 0 Å². The van der Waals surface area contributed by atoms with Crippen LogP contribution in [-0.2, 0) is 4.79 Å². The zero-order valence-corrected chi connectivity index (χ0v) is 14.2. The zero-order chi connectivity index (χ0) is 17.8. The van der Waals surface area contributed by atoms with Crippen LogP contribution in [0.3, 0.4) is 0 Å². The summed E-state index contributed by atoms with van der Waals surface area (Å²) in [5, 5.41) is 3.32. The van der Waals surface area contributed by atoms with Crippen molar-refractivity contribution in [3.05, 3.63) is 48.0 Å². The number of carbonyl (C=O) groups is 2. The molecule has 1 aromatic heterocycles. The number of hydrogen-bond donors (Lipinski definition) is 3. The first-order chi connectivity index (χ1) is 12.1. The molecule has 128 valence electrons.